The van der Waals surface area contributed by atoms with Gasteiger partial charge in [-0.15, -0.1) is 0 Å². The zero-order valence-electron chi connectivity index (χ0n) is 41.6. The van der Waals surface area contributed by atoms with Crippen LogP contribution in [0.2, 0.25) is 0 Å². The zero-order chi connectivity index (χ0) is 44.5. The van der Waals surface area contributed by atoms with Crippen LogP contribution in [0.15, 0.2) is 0 Å². The molecule has 0 unspecified atom stereocenters. The molecule has 0 saturated carbocycles. The first kappa shape index (κ1) is 59.4. The summed E-state index contributed by atoms with van der Waals surface area (Å²) >= 11 is 0. The van der Waals surface area contributed by atoms with E-state index in [4.69, 9.17) is 14.2 Å². The minimum absolute atomic E-state index is 0.0623. The molecule has 0 fully saturated rings. The van der Waals surface area contributed by atoms with E-state index in [1.807, 2.05) is 0 Å². The number of unbranched alkanes of at least 4 members (excludes halogenated alkanes) is 37. The lowest BCUT2D eigenvalue weighted by atomic mass is 10.0. The van der Waals surface area contributed by atoms with Crippen LogP contribution in [0.25, 0.3) is 0 Å². The molecule has 362 valence electrons. The molecule has 0 radical (unpaired) electrons. The van der Waals surface area contributed by atoms with Crippen molar-refractivity contribution in [3.8, 4) is 0 Å². The van der Waals surface area contributed by atoms with Gasteiger partial charge in [0.15, 0.2) is 6.10 Å². The Hall–Kier alpha value is -1.59. The van der Waals surface area contributed by atoms with E-state index in [1.165, 1.54) is 205 Å². The standard InChI is InChI=1S/C55H106O6/c1-5-7-9-11-13-15-17-18-20-24-27-31-34-38-42-46-53(56)59-49-52(61-55(58)48-44-40-36-30-16-14-12-10-8-6-2)50-60-54(57)47-43-39-35-32-28-25-22-19-21-23-26-29-33-37-41-45-51(3)4/h51-52H,5-50H2,1-4H3/t52-/m0/s1. The Morgan fingerprint density at radius 3 is 0.803 bits per heavy atom. The van der Waals surface area contributed by atoms with Crippen molar-refractivity contribution in [2.75, 3.05) is 13.2 Å². The molecule has 0 bridgehead atoms. The van der Waals surface area contributed by atoms with Crippen LogP contribution in [0.4, 0.5) is 0 Å². The molecular weight excluding hydrogens is 757 g/mol. The summed E-state index contributed by atoms with van der Waals surface area (Å²) in [7, 11) is 0. The van der Waals surface area contributed by atoms with Gasteiger partial charge in [0.25, 0.3) is 0 Å². The lowest BCUT2D eigenvalue weighted by Gasteiger charge is -2.18. The first-order valence-corrected chi connectivity index (χ1v) is 27.4. The molecule has 1 atom stereocenters. The Kier molecular flexibility index (Phi) is 48.1. The van der Waals surface area contributed by atoms with E-state index in [9.17, 15) is 14.4 Å². The Morgan fingerprint density at radius 2 is 0.541 bits per heavy atom. The molecule has 6 heteroatoms. The summed E-state index contributed by atoms with van der Waals surface area (Å²) in [4.78, 5) is 38.0. The molecule has 0 saturated heterocycles. The first-order chi connectivity index (χ1) is 29.9. The van der Waals surface area contributed by atoms with Crippen molar-refractivity contribution >= 4 is 17.9 Å². The van der Waals surface area contributed by atoms with Crippen LogP contribution < -0.4 is 0 Å². The van der Waals surface area contributed by atoms with Gasteiger partial charge in [0.1, 0.15) is 13.2 Å². The molecule has 0 aromatic rings. The van der Waals surface area contributed by atoms with Crippen LogP contribution in [0.3, 0.4) is 0 Å². The third kappa shape index (κ3) is 49.3. The molecule has 61 heavy (non-hydrogen) atoms. The second-order valence-electron chi connectivity index (χ2n) is 19.3. The van der Waals surface area contributed by atoms with Crippen LogP contribution in [-0.2, 0) is 28.6 Å². The van der Waals surface area contributed by atoms with E-state index in [0.717, 1.165) is 63.7 Å². The van der Waals surface area contributed by atoms with Gasteiger partial charge in [-0.1, -0.05) is 272 Å². The third-order valence-corrected chi connectivity index (χ3v) is 12.5. The van der Waals surface area contributed by atoms with Gasteiger partial charge >= 0.3 is 17.9 Å². The fourth-order valence-corrected chi connectivity index (χ4v) is 8.39. The van der Waals surface area contributed by atoms with Gasteiger partial charge in [-0.25, -0.2) is 0 Å². The summed E-state index contributed by atoms with van der Waals surface area (Å²) in [5, 5.41) is 0. The predicted molar refractivity (Wildman–Crippen MR) is 261 cm³/mol. The van der Waals surface area contributed by atoms with Crippen LogP contribution in [0.5, 0.6) is 0 Å². The van der Waals surface area contributed by atoms with Crippen LogP contribution >= 0.6 is 0 Å². The average Bonchev–Trinajstić information content (AvgIpc) is 3.24. The molecule has 0 N–H and O–H groups in total. The van der Waals surface area contributed by atoms with Crippen molar-refractivity contribution < 1.29 is 28.6 Å². The summed E-state index contributed by atoms with van der Waals surface area (Å²) in [6.45, 7) is 9.04. The van der Waals surface area contributed by atoms with Gasteiger partial charge in [-0.3, -0.25) is 14.4 Å². The third-order valence-electron chi connectivity index (χ3n) is 12.5. The number of hydrogen-bond acceptors (Lipinski definition) is 6. The monoisotopic (exact) mass is 863 g/mol. The maximum atomic E-state index is 12.8. The Morgan fingerprint density at radius 1 is 0.311 bits per heavy atom. The van der Waals surface area contributed by atoms with Gasteiger partial charge in [-0.2, -0.15) is 0 Å². The lowest BCUT2D eigenvalue weighted by Crippen LogP contribution is -2.30. The Balaban J connectivity index is 4.23. The highest BCUT2D eigenvalue weighted by atomic mass is 16.6. The molecule has 0 aliphatic rings. The number of rotatable bonds is 50. The highest BCUT2D eigenvalue weighted by Crippen LogP contribution is 2.17. The molecule has 0 heterocycles. The van der Waals surface area contributed by atoms with Crippen molar-refractivity contribution in [2.45, 2.75) is 316 Å². The van der Waals surface area contributed by atoms with Gasteiger partial charge in [0.05, 0.1) is 0 Å². The fourth-order valence-electron chi connectivity index (χ4n) is 8.39. The van der Waals surface area contributed by atoms with Crippen LogP contribution in [-0.4, -0.2) is 37.2 Å². The molecule has 0 aromatic carbocycles. The van der Waals surface area contributed by atoms with Crippen molar-refractivity contribution in [1.82, 2.24) is 0 Å². The second-order valence-corrected chi connectivity index (χ2v) is 19.3. The lowest BCUT2D eigenvalue weighted by molar-refractivity contribution is -0.167. The summed E-state index contributed by atoms with van der Waals surface area (Å²) < 4.78 is 16.8. The molecule has 0 aliphatic carbocycles. The van der Waals surface area contributed by atoms with E-state index >= 15 is 0 Å². The van der Waals surface area contributed by atoms with Crippen molar-refractivity contribution in [1.29, 1.82) is 0 Å². The Labute approximate surface area is 380 Å². The topological polar surface area (TPSA) is 78.9 Å². The van der Waals surface area contributed by atoms with E-state index in [2.05, 4.69) is 27.7 Å². The fraction of sp³-hybridized carbons (Fsp3) is 0.945. The van der Waals surface area contributed by atoms with E-state index in [0.29, 0.717) is 19.3 Å². The van der Waals surface area contributed by atoms with Gasteiger partial charge in [0, 0.05) is 19.3 Å². The van der Waals surface area contributed by atoms with Crippen molar-refractivity contribution in [3.63, 3.8) is 0 Å². The van der Waals surface area contributed by atoms with E-state index < -0.39 is 6.10 Å². The quantitative estimate of drug-likeness (QED) is 0.0344. The van der Waals surface area contributed by atoms with Crippen LogP contribution in [0.1, 0.15) is 310 Å². The Bertz CT molecular complexity index is 918. The van der Waals surface area contributed by atoms with Crippen molar-refractivity contribution in [3.05, 3.63) is 0 Å². The highest BCUT2D eigenvalue weighted by molar-refractivity contribution is 5.71. The SMILES string of the molecule is CCCCCCCCCCCCCCCCCC(=O)OC[C@@H](COC(=O)CCCCCCCCCCCCCCCCCC(C)C)OC(=O)CCCCCCCCCCCC. The smallest absolute Gasteiger partial charge is 0.306 e. The van der Waals surface area contributed by atoms with E-state index in [1.54, 1.807) is 0 Å². The zero-order valence-corrected chi connectivity index (χ0v) is 41.6. The molecule has 6 nitrogen and oxygen atoms in total. The summed E-state index contributed by atoms with van der Waals surface area (Å²) in [6, 6.07) is 0. The minimum atomic E-state index is -0.760. The minimum Gasteiger partial charge on any atom is -0.462 e. The molecule has 0 rings (SSSR count). The predicted octanol–water partition coefficient (Wildman–Crippen LogP) is 17.8. The van der Waals surface area contributed by atoms with Crippen LogP contribution in [0, 0.1) is 5.92 Å². The molecule has 0 amide bonds. The number of ether oxygens (including phenoxy) is 3. The molecule has 0 aliphatic heterocycles. The van der Waals surface area contributed by atoms with E-state index in [-0.39, 0.29) is 31.1 Å². The maximum Gasteiger partial charge on any atom is 0.306 e. The summed E-state index contributed by atoms with van der Waals surface area (Å²) in [5.41, 5.74) is 0. The maximum absolute atomic E-state index is 12.8. The second kappa shape index (κ2) is 49.4. The number of hydrogen-bond donors (Lipinski definition) is 0. The van der Waals surface area contributed by atoms with Gasteiger partial charge in [-0.05, 0) is 25.2 Å². The highest BCUT2D eigenvalue weighted by Gasteiger charge is 2.19. The summed E-state index contributed by atoms with van der Waals surface area (Å²) in [6.07, 6.45) is 52.3. The number of carbonyl (C=O) groups excluding carboxylic acids is 3. The van der Waals surface area contributed by atoms with Gasteiger partial charge < -0.3 is 14.2 Å². The largest absolute Gasteiger partial charge is 0.462 e. The average molecular weight is 863 g/mol. The molecular formula is C55H106O6. The first-order valence-electron chi connectivity index (χ1n) is 27.4. The van der Waals surface area contributed by atoms with Gasteiger partial charge in [0.2, 0.25) is 0 Å². The summed E-state index contributed by atoms with van der Waals surface area (Å²) in [5.74, 6) is 0.00803. The number of esters is 3. The molecule has 0 aromatic heterocycles. The number of carbonyl (C=O) groups is 3. The molecule has 0 spiro atoms. The normalized spacial score (nSPS) is 12.0. The van der Waals surface area contributed by atoms with Crippen molar-refractivity contribution in [2.24, 2.45) is 5.92 Å².